The predicted octanol–water partition coefficient (Wildman–Crippen LogP) is 3.57. The van der Waals surface area contributed by atoms with E-state index in [4.69, 9.17) is 4.74 Å². The number of fused-ring (bicyclic) bond motifs is 1. The Morgan fingerprint density at radius 2 is 1.74 bits per heavy atom. The van der Waals surface area contributed by atoms with Gasteiger partial charge in [-0.3, -0.25) is 29.7 Å². The van der Waals surface area contributed by atoms with E-state index in [9.17, 15) is 28.1 Å². The number of hydrogen-bond acceptors (Lipinski definition) is 8. The second kappa shape index (κ2) is 9.68. The van der Waals surface area contributed by atoms with E-state index in [1.165, 1.54) is 48.4 Å². The van der Waals surface area contributed by atoms with Gasteiger partial charge >= 0.3 is 0 Å². The first-order valence-electron chi connectivity index (χ1n) is 11.6. The molecule has 0 aliphatic carbocycles. The van der Waals surface area contributed by atoms with Crippen LogP contribution in [0.1, 0.15) is 34.6 Å². The van der Waals surface area contributed by atoms with Gasteiger partial charge in [-0.15, -0.1) is 0 Å². The fraction of sp³-hybridized carbons (Fsp3) is 0.115. The SMILES string of the molecule is COc1ccc(-c2n[nH]c3c2C(c2ccccc2[N+](=O)[O-])N(c2ccc(S(=O)(=O)NC(C)=O)cc2)C3=O)cc1. The number of carbonyl (C=O) groups excluding carboxylic acids is 2. The second-order valence-corrected chi connectivity index (χ2v) is 10.3. The minimum atomic E-state index is -4.11. The molecule has 1 aliphatic heterocycles. The van der Waals surface area contributed by atoms with Gasteiger partial charge in [0.2, 0.25) is 5.91 Å². The molecule has 12 nitrogen and oxygen atoms in total. The molecular weight excluding hydrogens is 526 g/mol. The lowest BCUT2D eigenvalue weighted by Crippen LogP contribution is -2.30. The molecule has 1 unspecified atom stereocenters. The van der Waals surface area contributed by atoms with Gasteiger partial charge in [-0.05, 0) is 54.6 Å². The number of para-hydroxylation sites is 1. The lowest BCUT2D eigenvalue weighted by molar-refractivity contribution is -0.385. The molecule has 0 fully saturated rings. The third-order valence-electron chi connectivity index (χ3n) is 6.26. The highest BCUT2D eigenvalue weighted by molar-refractivity contribution is 7.90. The third kappa shape index (κ3) is 4.48. The molecule has 0 saturated heterocycles. The Bertz CT molecular complexity index is 1710. The zero-order chi connectivity index (χ0) is 27.9. The molecule has 2 amide bonds. The van der Waals surface area contributed by atoms with Gasteiger partial charge in [0.25, 0.3) is 21.6 Å². The number of aromatic nitrogens is 2. The number of hydrogen-bond donors (Lipinski definition) is 2. The summed E-state index contributed by atoms with van der Waals surface area (Å²) in [5, 5.41) is 19.1. The van der Waals surface area contributed by atoms with Crippen molar-refractivity contribution in [1.29, 1.82) is 0 Å². The number of methoxy groups -OCH3 is 1. The van der Waals surface area contributed by atoms with Crippen molar-refractivity contribution in [2.24, 2.45) is 0 Å². The zero-order valence-corrected chi connectivity index (χ0v) is 21.4. The van der Waals surface area contributed by atoms with Crippen LogP contribution in [-0.4, -0.2) is 42.5 Å². The summed E-state index contributed by atoms with van der Waals surface area (Å²) >= 11 is 0. The molecule has 1 atom stereocenters. The fourth-order valence-corrected chi connectivity index (χ4v) is 5.59. The summed E-state index contributed by atoms with van der Waals surface area (Å²) in [5.41, 5.74) is 2.02. The van der Waals surface area contributed by atoms with E-state index in [1.807, 2.05) is 4.72 Å². The van der Waals surface area contributed by atoms with Crippen LogP contribution in [-0.2, 0) is 14.8 Å². The van der Waals surface area contributed by atoms with Gasteiger partial charge in [-0.2, -0.15) is 5.10 Å². The lowest BCUT2D eigenvalue weighted by Gasteiger charge is -2.26. The molecule has 2 heterocycles. The summed E-state index contributed by atoms with van der Waals surface area (Å²) in [5.74, 6) is -0.631. The first kappa shape index (κ1) is 25.6. The number of nitro benzene ring substituents is 1. The average Bonchev–Trinajstić information content (AvgIpc) is 3.47. The molecule has 39 heavy (non-hydrogen) atoms. The maximum Gasteiger partial charge on any atom is 0.277 e. The Morgan fingerprint density at radius 1 is 1.08 bits per heavy atom. The van der Waals surface area contributed by atoms with Crippen LogP contribution in [0, 0.1) is 10.1 Å². The maximum atomic E-state index is 13.7. The first-order valence-corrected chi connectivity index (χ1v) is 13.0. The number of benzene rings is 3. The van der Waals surface area contributed by atoms with Gasteiger partial charge in [0.05, 0.1) is 34.2 Å². The van der Waals surface area contributed by atoms with Gasteiger partial charge < -0.3 is 4.74 Å². The summed E-state index contributed by atoms with van der Waals surface area (Å²) in [6.07, 6.45) is 0. The van der Waals surface area contributed by atoms with Gasteiger partial charge in [-0.25, -0.2) is 13.1 Å². The highest BCUT2D eigenvalue weighted by Gasteiger charge is 2.45. The molecule has 0 radical (unpaired) electrons. The molecule has 5 rings (SSSR count). The van der Waals surface area contributed by atoms with Crippen LogP contribution in [0.4, 0.5) is 11.4 Å². The molecule has 0 saturated carbocycles. The van der Waals surface area contributed by atoms with Crippen LogP contribution in [0.5, 0.6) is 5.75 Å². The Hall–Kier alpha value is -5.04. The van der Waals surface area contributed by atoms with Crippen LogP contribution in [0.15, 0.2) is 77.7 Å². The normalized spacial score (nSPS) is 14.7. The van der Waals surface area contributed by atoms with Gasteiger partial charge in [-0.1, -0.05) is 12.1 Å². The number of anilines is 1. The van der Waals surface area contributed by atoms with Crippen LogP contribution < -0.4 is 14.4 Å². The van der Waals surface area contributed by atoms with E-state index in [-0.39, 0.29) is 27.5 Å². The van der Waals surface area contributed by atoms with E-state index in [2.05, 4.69) is 10.2 Å². The van der Waals surface area contributed by atoms with Crippen molar-refractivity contribution in [3.63, 3.8) is 0 Å². The minimum Gasteiger partial charge on any atom is -0.497 e. The number of carbonyl (C=O) groups is 2. The largest absolute Gasteiger partial charge is 0.497 e. The average molecular weight is 548 g/mol. The number of aromatic amines is 1. The Balaban J connectivity index is 1.67. The van der Waals surface area contributed by atoms with Crippen molar-refractivity contribution in [2.45, 2.75) is 17.9 Å². The molecule has 0 bridgehead atoms. The third-order valence-corrected chi connectivity index (χ3v) is 7.71. The maximum absolute atomic E-state index is 13.7. The number of ether oxygens (including phenoxy) is 1. The molecule has 1 aromatic heterocycles. The minimum absolute atomic E-state index is 0.152. The van der Waals surface area contributed by atoms with Crippen LogP contribution in [0.3, 0.4) is 0 Å². The summed E-state index contributed by atoms with van der Waals surface area (Å²) in [4.78, 5) is 37.7. The molecule has 2 N–H and O–H groups in total. The molecule has 3 aromatic carbocycles. The zero-order valence-electron chi connectivity index (χ0n) is 20.6. The van der Waals surface area contributed by atoms with Gasteiger partial charge in [0, 0.05) is 29.8 Å². The Labute approximate surface area is 222 Å². The van der Waals surface area contributed by atoms with Crippen molar-refractivity contribution in [2.75, 3.05) is 12.0 Å². The van der Waals surface area contributed by atoms with Crippen molar-refractivity contribution in [3.8, 4) is 17.0 Å². The van der Waals surface area contributed by atoms with Crippen molar-refractivity contribution < 1.29 is 27.7 Å². The molecular formula is C26H21N5O7S. The van der Waals surface area contributed by atoms with Crippen LogP contribution >= 0.6 is 0 Å². The van der Waals surface area contributed by atoms with Crippen LogP contribution in [0.25, 0.3) is 11.3 Å². The molecule has 198 valence electrons. The number of rotatable bonds is 7. The highest BCUT2D eigenvalue weighted by atomic mass is 32.2. The summed E-state index contributed by atoms with van der Waals surface area (Å²) in [6.45, 7) is 1.08. The topological polar surface area (TPSA) is 165 Å². The number of nitro groups is 1. The number of nitrogens with zero attached hydrogens (tertiary/aromatic N) is 3. The summed E-state index contributed by atoms with van der Waals surface area (Å²) in [6, 6.07) is 17.4. The number of nitrogens with one attached hydrogen (secondary N) is 2. The second-order valence-electron chi connectivity index (χ2n) is 8.64. The fourth-order valence-electron chi connectivity index (χ4n) is 4.60. The standard InChI is InChI=1S/C26H21N5O7S/c1-15(32)29-39(36,37)19-13-9-17(10-14-19)30-25(20-5-3-4-6-21(20)31(34)35)22-23(27-28-24(22)26(30)33)16-7-11-18(38-2)12-8-16/h3-14,25H,1-2H3,(H,27,28)(H,29,32). The number of amides is 2. The van der Waals surface area contributed by atoms with E-state index in [0.717, 1.165) is 6.92 Å². The van der Waals surface area contributed by atoms with E-state index >= 15 is 0 Å². The lowest BCUT2D eigenvalue weighted by atomic mass is 9.94. The number of H-pyrrole nitrogens is 1. The molecule has 13 heteroatoms. The van der Waals surface area contributed by atoms with Crippen molar-refractivity contribution >= 4 is 33.2 Å². The quantitative estimate of drug-likeness (QED) is 0.262. The summed E-state index contributed by atoms with van der Waals surface area (Å²) < 4.78 is 32.0. The van der Waals surface area contributed by atoms with Gasteiger partial charge in [0.1, 0.15) is 11.4 Å². The Kier molecular flexibility index (Phi) is 6.36. The summed E-state index contributed by atoms with van der Waals surface area (Å²) in [7, 11) is -2.57. The van der Waals surface area contributed by atoms with E-state index < -0.39 is 32.8 Å². The Morgan fingerprint density at radius 3 is 2.36 bits per heavy atom. The van der Waals surface area contributed by atoms with Crippen molar-refractivity contribution in [1.82, 2.24) is 14.9 Å². The van der Waals surface area contributed by atoms with Crippen molar-refractivity contribution in [3.05, 3.63) is 99.7 Å². The molecule has 4 aromatic rings. The van der Waals surface area contributed by atoms with E-state index in [0.29, 0.717) is 22.6 Å². The molecule has 1 aliphatic rings. The predicted molar refractivity (Wildman–Crippen MR) is 140 cm³/mol. The smallest absolute Gasteiger partial charge is 0.277 e. The van der Waals surface area contributed by atoms with E-state index in [1.54, 1.807) is 36.4 Å². The highest BCUT2D eigenvalue weighted by Crippen LogP contribution is 2.47. The van der Waals surface area contributed by atoms with Gasteiger partial charge in [0.15, 0.2) is 0 Å². The molecule has 0 spiro atoms. The van der Waals surface area contributed by atoms with Crippen LogP contribution in [0.2, 0.25) is 0 Å². The number of sulfonamides is 1. The first-order chi connectivity index (χ1) is 18.6. The monoisotopic (exact) mass is 547 g/mol.